The summed E-state index contributed by atoms with van der Waals surface area (Å²) in [4.78, 5) is 4.52. The van der Waals surface area contributed by atoms with Crippen LogP contribution in [0.15, 0.2) is 59.6 Å². The van der Waals surface area contributed by atoms with E-state index in [0.29, 0.717) is 22.5 Å². The molecule has 118 valence electrons. The van der Waals surface area contributed by atoms with Crippen LogP contribution in [0.2, 0.25) is 0 Å². The second-order valence-electron chi connectivity index (χ2n) is 5.12. The van der Waals surface area contributed by atoms with Crippen molar-refractivity contribution in [3.63, 3.8) is 0 Å². The molecule has 0 saturated carbocycles. The average molecular weight is 328 g/mol. The highest BCUT2D eigenvalue weighted by atomic mass is 32.2. The largest absolute Gasteiger partial charge is 0.497 e. The molecule has 6 heteroatoms. The quantitative estimate of drug-likeness (QED) is 0.797. The molecule has 0 fully saturated rings. The Morgan fingerprint density at radius 3 is 2.61 bits per heavy atom. The van der Waals surface area contributed by atoms with Crippen molar-refractivity contribution in [2.45, 2.75) is 11.8 Å². The van der Waals surface area contributed by atoms with Crippen molar-refractivity contribution < 1.29 is 13.2 Å². The van der Waals surface area contributed by atoms with Crippen LogP contribution < -0.4 is 9.46 Å². The van der Waals surface area contributed by atoms with Crippen molar-refractivity contribution in [2.75, 3.05) is 11.8 Å². The lowest BCUT2D eigenvalue weighted by molar-refractivity contribution is 0.415. The number of pyridine rings is 1. The normalized spacial score (nSPS) is 11.4. The number of hydrogen-bond donors (Lipinski definition) is 1. The predicted octanol–water partition coefficient (Wildman–Crippen LogP) is 3.35. The first-order chi connectivity index (χ1) is 11.0. The van der Waals surface area contributed by atoms with Gasteiger partial charge in [-0.15, -0.1) is 0 Å². The van der Waals surface area contributed by atoms with Crippen molar-refractivity contribution in [3.05, 3.63) is 60.3 Å². The molecule has 0 saturated heterocycles. The van der Waals surface area contributed by atoms with Gasteiger partial charge in [-0.2, -0.15) is 0 Å². The van der Waals surface area contributed by atoms with Crippen LogP contribution in [0, 0.1) is 6.92 Å². The number of anilines is 1. The fourth-order valence-electron chi connectivity index (χ4n) is 2.42. The Hall–Kier alpha value is -2.60. The number of aryl methyl sites for hydroxylation is 1. The van der Waals surface area contributed by atoms with Gasteiger partial charge in [-0.05, 0) is 30.7 Å². The van der Waals surface area contributed by atoms with E-state index < -0.39 is 10.0 Å². The molecule has 0 aliphatic rings. The molecule has 0 aliphatic heterocycles. The van der Waals surface area contributed by atoms with Crippen LogP contribution in [0.4, 0.5) is 5.69 Å². The van der Waals surface area contributed by atoms with Crippen molar-refractivity contribution in [3.8, 4) is 5.75 Å². The summed E-state index contributed by atoms with van der Waals surface area (Å²) in [6.07, 6.45) is 1.63. The molecule has 0 bridgehead atoms. The van der Waals surface area contributed by atoms with Gasteiger partial charge in [0.25, 0.3) is 10.0 Å². The van der Waals surface area contributed by atoms with Crippen molar-refractivity contribution in [2.24, 2.45) is 0 Å². The molecule has 1 aromatic heterocycles. The predicted molar refractivity (Wildman–Crippen MR) is 90.3 cm³/mol. The number of aromatic nitrogens is 1. The third-order valence-corrected chi connectivity index (χ3v) is 5.07. The smallest absolute Gasteiger partial charge is 0.262 e. The summed E-state index contributed by atoms with van der Waals surface area (Å²) in [5.74, 6) is 0.563. The molecule has 0 amide bonds. The van der Waals surface area contributed by atoms with E-state index in [0.717, 1.165) is 5.39 Å². The molecule has 3 rings (SSSR count). The molecule has 1 heterocycles. The summed E-state index contributed by atoms with van der Waals surface area (Å²) < 4.78 is 33.2. The Balaban J connectivity index is 2.13. The van der Waals surface area contributed by atoms with E-state index in [1.165, 1.54) is 7.11 Å². The van der Waals surface area contributed by atoms with Crippen LogP contribution in [0.25, 0.3) is 10.9 Å². The highest BCUT2D eigenvalue weighted by Crippen LogP contribution is 2.29. The molecule has 23 heavy (non-hydrogen) atoms. The average Bonchev–Trinajstić information content (AvgIpc) is 2.54. The topological polar surface area (TPSA) is 68.3 Å². The number of benzene rings is 2. The summed E-state index contributed by atoms with van der Waals surface area (Å²) in [5.41, 5.74) is 1.65. The first-order valence-electron chi connectivity index (χ1n) is 7.02. The van der Waals surface area contributed by atoms with Crippen molar-refractivity contribution >= 4 is 26.6 Å². The number of ether oxygens (including phenoxy) is 1. The first-order valence-corrected chi connectivity index (χ1v) is 8.51. The standard InChI is InChI=1S/C17H16N2O3S/c1-12-6-3-4-8-16(12)23(20,21)19-15-11-14(22-2)10-13-7-5-9-18-17(13)15/h3-11,19H,1-2H3. The van der Waals surface area contributed by atoms with Gasteiger partial charge in [0.05, 0.1) is 23.2 Å². The van der Waals surface area contributed by atoms with Crippen LogP contribution in [0.1, 0.15) is 5.56 Å². The molecule has 0 radical (unpaired) electrons. The molecular weight excluding hydrogens is 312 g/mol. The number of methoxy groups -OCH3 is 1. The summed E-state index contributed by atoms with van der Waals surface area (Å²) in [6, 6.07) is 13.9. The lowest BCUT2D eigenvalue weighted by Gasteiger charge is -2.13. The van der Waals surface area contributed by atoms with Gasteiger partial charge in [0.15, 0.2) is 0 Å². The second-order valence-corrected chi connectivity index (χ2v) is 6.77. The SMILES string of the molecule is COc1cc(NS(=O)(=O)c2ccccc2C)c2ncccc2c1. The van der Waals surface area contributed by atoms with E-state index in [2.05, 4.69) is 9.71 Å². The first kappa shape index (κ1) is 15.3. The van der Waals surface area contributed by atoms with Crippen LogP contribution in [-0.2, 0) is 10.0 Å². The third-order valence-electron chi connectivity index (χ3n) is 3.54. The van der Waals surface area contributed by atoms with E-state index in [4.69, 9.17) is 4.74 Å². The zero-order chi connectivity index (χ0) is 16.4. The van der Waals surface area contributed by atoms with Crippen LogP contribution >= 0.6 is 0 Å². The Bertz CT molecular complexity index is 968. The van der Waals surface area contributed by atoms with E-state index >= 15 is 0 Å². The van der Waals surface area contributed by atoms with Gasteiger partial charge in [-0.1, -0.05) is 24.3 Å². The van der Waals surface area contributed by atoms with Crippen LogP contribution in [0.5, 0.6) is 5.75 Å². The van der Waals surface area contributed by atoms with Crippen LogP contribution in [-0.4, -0.2) is 20.5 Å². The number of nitrogens with zero attached hydrogens (tertiary/aromatic N) is 1. The number of rotatable bonds is 4. The van der Waals surface area contributed by atoms with E-state index in [-0.39, 0.29) is 4.90 Å². The maximum Gasteiger partial charge on any atom is 0.262 e. The number of fused-ring (bicyclic) bond motifs is 1. The maximum atomic E-state index is 12.7. The molecule has 0 spiro atoms. The third kappa shape index (κ3) is 2.98. The zero-order valence-corrected chi connectivity index (χ0v) is 13.6. The molecular formula is C17H16N2O3S. The molecule has 1 N–H and O–H groups in total. The van der Waals surface area contributed by atoms with Gasteiger partial charge in [0.2, 0.25) is 0 Å². The molecule has 5 nitrogen and oxygen atoms in total. The minimum absolute atomic E-state index is 0.243. The Morgan fingerprint density at radius 1 is 1.09 bits per heavy atom. The summed E-state index contributed by atoms with van der Waals surface area (Å²) in [6.45, 7) is 1.76. The molecule has 2 aromatic carbocycles. The Morgan fingerprint density at radius 2 is 1.87 bits per heavy atom. The monoisotopic (exact) mass is 328 g/mol. The second kappa shape index (κ2) is 5.89. The van der Waals surface area contributed by atoms with Gasteiger partial charge in [-0.25, -0.2) is 8.42 Å². The lowest BCUT2D eigenvalue weighted by Crippen LogP contribution is -2.14. The van der Waals surface area contributed by atoms with E-state index in [1.807, 2.05) is 12.1 Å². The number of sulfonamides is 1. The van der Waals surface area contributed by atoms with Gasteiger partial charge in [0, 0.05) is 17.6 Å². The zero-order valence-electron chi connectivity index (χ0n) is 12.8. The number of nitrogens with one attached hydrogen (secondary N) is 1. The van der Waals surface area contributed by atoms with Gasteiger partial charge >= 0.3 is 0 Å². The number of hydrogen-bond acceptors (Lipinski definition) is 4. The minimum atomic E-state index is -3.71. The summed E-state index contributed by atoms with van der Waals surface area (Å²) >= 11 is 0. The summed E-state index contributed by atoms with van der Waals surface area (Å²) in [5, 5.41) is 0.800. The highest BCUT2D eigenvalue weighted by Gasteiger charge is 2.18. The van der Waals surface area contributed by atoms with Gasteiger partial charge in [-0.3, -0.25) is 9.71 Å². The molecule has 3 aromatic rings. The molecule has 0 aliphatic carbocycles. The Kier molecular flexibility index (Phi) is 3.92. The highest BCUT2D eigenvalue weighted by molar-refractivity contribution is 7.92. The van der Waals surface area contributed by atoms with Crippen molar-refractivity contribution in [1.82, 2.24) is 4.98 Å². The minimum Gasteiger partial charge on any atom is -0.497 e. The molecule has 0 unspecified atom stereocenters. The molecule has 0 atom stereocenters. The maximum absolute atomic E-state index is 12.7. The Labute approximate surface area is 135 Å². The van der Waals surface area contributed by atoms with Gasteiger partial charge in [0.1, 0.15) is 5.75 Å². The van der Waals surface area contributed by atoms with Crippen molar-refractivity contribution in [1.29, 1.82) is 0 Å². The van der Waals surface area contributed by atoms with E-state index in [1.54, 1.807) is 49.5 Å². The summed E-state index contributed by atoms with van der Waals surface area (Å²) in [7, 11) is -2.17. The van der Waals surface area contributed by atoms with Crippen LogP contribution in [0.3, 0.4) is 0 Å². The van der Waals surface area contributed by atoms with E-state index in [9.17, 15) is 8.42 Å². The van der Waals surface area contributed by atoms with Gasteiger partial charge < -0.3 is 4.74 Å². The lowest BCUT2D eigenvalue weighted by atomic mass is 10.2. The fourth-order valence-corrected chi connectivity index (χ4v) is 3.72. The fraction of sp³-hybridized carbons (Fsp3) is 0.118.